The lowest BCUT2D eigenvalue weighted by Crippen LogP contribution is -2.54. The zero-order chi connectivity index (χ0) is 20.1. The van der Waals surface area contributed by atoms with Crippen LogP contribution in [0.5, 0.6) is 5.75 Å². The minimum Gasteiger partial charge on any atom is -0.496 e. The van der Waals surface area contributed by atoms with Crippen LogP contribution in [0, 0.1) is 0 Å². The molecule has 0 aliphatic carbocycles. The third kappa shape index (κ3) is 4.26. The van der Waals surface area contributed by atoms with E-state index in [0.29, 0.717) is 11.3 Å². The first-order valence-electron chi connectivity index (χ1n) is 9.94. The summed E-state index contributed by atoms with van der Waals surface area (Å²) in [6, 6.07) is 15.7. The number of carbonyl (C=O) groups is 1. The number of hydrogen-bond acceptors (Lipinski definition) is 3. The summed E-state index contributed by atoms with van der Waals surface area (Å²) in [6.07, 6.45) is 3.37. The second-order valence-corrected chi connectivity index (χ2v) is 8.48. The molecule has 2 atom stereocenters. The highest BCUT2D eigenvalue weighted by Crippen LogP contribution is 2.37. The van der Waals surface area contributed by atoms with E-state index >= 15 is 0 Å². The number of rotatable bonds is 7. The summed E-state index contributed by atoms with van der Waals surface area (Å²) >= 11 is 3.47. The molecule has 0 radical (unpaired) electrons. The van der Waals surface area contributed by atoms with Crippen molar-refractivity contribution < 1.29 is 9.53 Å². The Bertz CT molecular complexity index is 806. The summed E-state index contributed by atoms with van der Waals surface area (Å²) in [5.41, 5.74) is 1.51. The molecular weight excluding hydrogens is 416 g/mol. The Labute approximate surface area is 176 Å². The predicted octanol–water partition coefficient (Wildman–Crippen LogP) is 5.19. The lowest BCUT2D eigenvalue weighted by Gasteiger charge is -2.45. The van der Waals surface area contributed by atoms with Gasteiger partial charge in [-0.3, -0.25) is 9.69 Å². The molecule has 1 saturated heterocycles. The molecule has 0 spiro atoms. The molecule has 0 aromatic heterocycles. The van der Waals surface area contributed by atoms with E-state index in [4.69, 9.17) is 4.74 Å². The first kappa shape index (κ1) is 20.9. The van der Waals surface area contributed by atoms with Crippen LogP contribution in [-0.2, 0) is 0 Å². The first-order valence-corrected chi connectivity index (χ1v) is 10.7. The highest BCUT2D eigenvalue weighted by molar-refractivity contribution is 9.10. The summed E-state index contributed by atoms with van der Waals surface area (Å²) in [5.74, 6) is 0.456. The van der Waals surface area contributed by atoms with E-state index in [0.717, 1.165) is 29.5 Å². The molecular formula is C23H29BrN2O2. The van der Waals surface area contributed by atoms with Crippen molar-refractivity contribution in [2.24, 2.45) is 0 Å². The van der Waals surface area contributed by atoms with Crippen LogP contribution in [0.15, 0.2) is 53.0 Å². The van der Waals surface area contributed by atoms with Crippen molar-refractivity contribution >= 4 is 21.8 Å². The van der Waals surface area contributed by atoms with Gasteiger partial charge in [0.25, 0.3) is 5.91 Å². The lowest BCUT2D eigenvalue weighted by molar-refractivity contribution is 0.0683. The Kier molecular flexibility index (Phi) is 6.78. The molecule has 5 heteroatoms. The lowest BCUT2D eigenvalue weighted by atomic mass is 9.82. The van der Waals surface area contributed by atoms with Crippen molar-refractivity contribution in [2.75, 3.05) is 20.2 Å². The molecule has 1 heterocycles. The zero-order valence-electron chi connectivity index (χ0n) is 16.9. The fourth-order valence-electron chi connectivity index (χ4n) is 4.15. The number of carbonyl (C=O) groups excluding carboxylic acids is 1. The van der Waals surface area contributed by atoms with Gasteiger partial charge in [0.2, 0.25) is 0 Å². The van der Waals surface area contributed by atoms with Crippen LogP contribution >= 0.6 is 15.9 Å². The van der Waals surface area contributed by atoms with Crippen LogP contribution in [0.25, 0.3) is 0 Å². The van der Waals surface area contributed by atoms with Gasteiger partial charge in [0.15, 0.2) is 0 Å². The summed E-state index contributed by atoms with van der Waals surface area (Å²) in [4.78, 5) is 15.8. The number of benzene rings is 2. The van der Waals surface area contributed by atoms with Crippen molar-refractivity contribution in [1.29, 1.82) is 0 Å². The normalized spacial score (nSPS) is 17.7. The van der Waals surface area contributed by atoms with E-state index < -0.39 is 0 Å². The predicted molar refractivity (Wildman–Crippen MR) is 117 cm³/mol. The van der Waals surface area contributed by atoms with Crippen molar-refractivity contribution in [2.45, 2.75) is 44.7 Å². The molecule has 1 fully saturated rings. The molecule has 150 valence electrons. The summed E-state index contributed by atoms with van der Waals surface area (Å²) in [5, 5.41) is 3.34. The van der Waals surface area contributed by atoms with E-state index in [1.807, 2.05) is 36.4 Å². The third-order valence-electron chi connectivity index (χ3n) is 5.98. The van der Waals surface area contributed by atoms with E-state index in [-0.39, 0.29) is 17.5 Å². The average Bonchev–Trinajstić information content (AvgIpc) is 3.27. The molecule has 1 aliphatic heterocycles. The van der Waals surface area contributed by atoms with Crippen molar-refractivity contribution in [3.05, 3.63) is 64.1 Å². The molecule has 2 unspecified atom stereocenters. The van der Waals surface area contributed by atoms with Gasteiger partial charge >= 0.3 is 0 Å². The highest BCUT2D eigenvalue weighted by Gasteiger charge is 2.41. The van der Waals surface area contributed by atoms with Gasteiger partial charge in [0, 0.05) is 10.0 Å². The van der Waals surface area contributed by atoms with E-state index in [1.165, 1.54) is 12.8 Å². The fourth-order valence-corrected chi connectivity index (χ4v) is 4.51. The van der Waals surface area contributed by atoms with Gasteiger partial charge in [-0.1, -0.05) is 53.2 Å². The minimum absolute atomic E-state index is 0.118. The second kappa shape index (κ2) is 9.10. The molecule has 28 heavy (non-hydrogen) atoms. The van der Waals surface area contributed by atoms with Gasteiger partial charge in [-0.15, -0.1) is 0 Å². The maximum atomic E-state index is 13.3. The largest absolute Gasteiger partial charge is 0.496 e. The molecule has 3 rings (SSSR count). The van der Waals surface area contributed by atoms with Crippen LogP contribution in [0.1, 0.15) is 55.1 Å². The minimum atomic E-state index is -0.160. The molecule has 1 aliphatic rings. The Morgan fingerprint density at radius 1 is 1.21 bits per heavy atom. The topological polar surface area (TPSA) is 41.6 Å². The number of nitrogens with one attached hydrogen (secondary N) is 1. The van der Waals surface area contributed by atoms with Crippen LogP contribution in [0.3, 0.4) is 0 Å². The maximum absolute atomic E-state index is 13.3. The van der Waals surface area contributed by atoms with Gasteiger partial charge in [-0.25, -0.2) is 0 Å². The Morgan fingerprint density at radius 2 is 1.89 bits per heavy atom. The summed E-state index contributed by atoms with van der Waals surface area (Å²) in [7, 11) is 1.59. The number of likely N-dealkylation sites (tertiary alicyclic amines) is 1. The van der Waals surface area contributed by atoms with E-state index in [9.17, 15) is 4.79 Å². The average molecular weight is 445 g/mol. The molecule has 2 aromatic rings. The number of amides is 1. The van der Waals surface area contributed by atoms with Gasteiger partial charge in [0.05, 0.1) is 18.7 Å². The fraction of sp³-hybridized carbons (Fsp3) is 0.435. The molecule has 1 amide bonds. The molecule has 0 bridgehead atoms. The number of halogens is 1. The van der Waals surface area contributed by atoms with Gasteiger partial charge in [0.1, 0.15) is 5.75 Å². The monoisotopic (exact) mass is 444 g/mol. The van der Waals surface area contributed by atoms with Crippen LogP contribution in [0.2, 0.25) is 0 Å². The number of ether oxygens (including phenoxy) is 1. The molecule has 4 nitrogen and oxygen atoms in total. The second-order valence-electron chi connectivity index (χ2n) is 7.57. The maximum Gasteiger partial charge on any atom is 0.255 e. The van der Waals surface area contributed by atoms with E-state index in [2.05, 4.69) is 52.1 Å². The molecule has 1 N–H and O–H groups in total. The van der Waals surface area contributed by atoms with Crippen LogP contribution in [-0.4, -0.2) is 36.5 Å². The quantitative estimate of drug-likeness (QED) is 0.638. The smallest absolute Gasteiger partial charge is 0.255 e. The van der Waals surface area contributed by atoms with Crippen LogP contribution < -0.4 is 10.1 Å². The third-order valence-corrected chi connectivity index (χ3v) is 6.47. The zero-order valence-corrected chi connectivity index (χ0v) is 18.5. The highest BCUT2D eigenvalue weighted by atomic mass is 79.9. The van der Waals surface area contributed by atoms with E-state index in [1.54, 1.807) is 7.11 Å². The van der Waals surface area contributed by atoms with Crippen molar-refractivity contribution in [3.63, 3.8) is 0 Å². The summed E-state index contributed by atoms with van der Waals surface area (Å²) in [6.45, 7) is 6.63. The first-order chi connectivity index (χ1) is 13.5. The number of hydrogen-bond donors (Lipinski definition) is 1. The molecule has 2 aromatic carbocycles. The number of methoxy groups -OCH3 is 1. The van der Waals surface area contributed by atoms with Crippen molar-refractivity contribution in [3.8, 4) is 5.75 Å². The van der Waals surface area contributed by atoms with Gasteiger partial charge < -0.3 is 10.1 Å². The Balaban J connectivity index is 1.98. The summed E-state index contributed by atoms with van der Waals surface area (Å²) < 4.78 is 6.28. The van der Waals surface area contributed by atoms with Gasteiger partial charge in [-0.05, 0) is 63.0 Å². The number of nitrogens with zero attached hydrogens (tertiary/aromatic N) is 1. The van der Waals surface area contributed by atoms with Crippen molar-refractivity contribution in [1.82, 2.24) is 10.2 Å². The Hall–Kier alpha value is -1.85. The molecule has 0 saturated carbocycles. The Morgan fingerprint density at radius 3 is 2.50 bits per heavy atom. The van der Waals surface area contributed by atoms with Gasteiger partial charge in [-0.2, -0.15) is 0 Å². The van der Waals surface area contributed by atoms with Crippen LogP contribution in [0.4, 0.5) is 0 Å². The standard InChI is InChI=1S/C23H29BrN2O2/c1-4-23(2,26-14-8-9-15-26)21(17-10-6-5-7-11-17)25-22(27)19-16-18(24)12-13-20(19)28-3/h5-7,10-13,16,21H,4,8-9,14-15H2,1-3H3,(H,25,27). The SMILES string of the molecule is CCC(C)(C(NC(=O)c1cc(Br)ccc1OC)c1ccccc1)N1CCCC1.